The smallest absolute Gasteiger partial charge is 0.305 e. The zero-order chi connectivity index (χ0) is 12.5. The third-order valence-electron chi connectivity index (χ3n) is 2.32. The minimum Gasteiger partial charge on any atom is -0.481 e. The van der Waals surface area contributed by atoms with Crippen LogP contribution in [-0.4, -0.2) is 31.7 Å². The van der Waals surface area contributed by atoms with Gasteiger partial charge in [-0.3, -0.25) is 4.79 Å². The molecule has 1 rings (SSSR count). The van der Waals surface area contributed by atoms with E-state index < -0.39 is 0 Å². The Labute approximate surface area is 101 Å². The minimum absolute atomic E-state index is 0.175. The number of methoxy groups -OCH3 is 2. The van der Waals surface area contributed by atoms with Crippen molar-refractivity contribution in [3.05, 3.63) is 23.9 Å². The molecule has 0 radical (unpaired) electrons. The molecule has 5 heteroatoms. The first kappa shape index (κ1) is 13.4. The SMILES string of the molecule is COC(=O)CCCNCc1cccnc1OC. The van der Waals surface area contributed by atoms with Crippen LogP contribution in [0.2, 0.25) is 0 Å². The fourth-order valence-corrected chi connectivity index (χ4v) is 1.43. The van der Waals surface area contributed by atoms with E-state index in [0.717, 1.165) is 18.5 Å². The summed E-state index contributed by atoms with van der Waals surface area (Å²) in [4.78, 5) is 15.0. The van der Waals surface area contributed by atoms with Gasteiger partial charge in [-0.2, -0.15) is 0 Å². The lowest BCUT2D eigenvalue weighted by atomic mass is 10.2. The molecule has 1 aromatic rings. The predicted molar refractivity (Wildman–Crippen MR) is 63.7 cm³/mol. The fourth-order valence-electron chi connectivity index (χ4n) is 1.43. The molecule has 0 atom stereocenters. The summed E-state index contributed by atoms with van der Waals surface area (Å²) in [5.74, 6) is 0.457. The zero-order valence-corrected chi connectivity index (χ0v) is 10.2. The number of nitrogens with one attached hydrogen (secondary N) is 1. The van der Waals surface area contributed by atoms with Gasteiger partial charge in [0, 0.05) is 24.7 Å². The van der Waals surface area contributed by atoms with Crippen LogP contribution in [0.1, 0.15) is 18.4 Å². The van der Waals surface area contributed by atoms with Crippen LogP contribution >= 0.6 is 0 Å². The van der Waals surface area contributed by atoms with Gasteiger partial charge >= 0.3 is 5.97 Å². The Bertz CT molecular complexity index is 355. The van der Waals surface area contributed by atoms with E-state index in [1.54, 1.807) is 13.3 Å². The number of rotatable bonds is 7. The highest BCUT2D eigenvalue weighted by molar-refractivity contribution is 5.69. The molecule has 0 spiro atoms. The quantitative estimate of drug-likeness (QED) is 0.570. The second-order valence-corrected chi connectivity index (χ2v) is 3.53. The molecule has 1 heterocycles. The Morgan fingerprint density at radius 2 is 2.29 bits per heavy atom. The minimum atomic E-state index is -0.175. The molecule has 5 nitrogen and oxygen atoms in total. The van der Waals surface area contributed by atoms with Crippen molar-refractivity contribution in [2.45, 2.75) is 19.4 Å². The van der Waals surface area contributed by atoms with Gasteiger partial charge in [0.2, 0.25) is 5.88 Å². The fraction of sp³-hybridized carbons (Fsp3) is 0.500. The van der Waals surface area contributed by atoms with Crippen molar-refractivity contribution in [3.8, 4) is 5.88 Å². The van der Waals surface area contributed by atoms with Crippen LogP contribution in [-0.2, 0) is 16.1 Å². The first-order valence-corrected chi connectivity index (χ1v) is 5.53. The van der Waals surface area contributed by atoms with Crippen molar-refractivity contribution >= 4 is 5.97 Å². The maximum absolute atomic E-state index is 10.9. The van der Waals surface area contributed by atoms with Crippen molar-refractivity contribution in [1.82, 2.24) is 10.3 Å². The number of pyridine rings is 1. The van der Waals surface area contributed by atoms with E-state index >= 15 is 0 Å². The van der Waals surface area contributed by atoms with E-state index in [9.17, 15) is 4.79 Å². The highest BCUT2D eigenvalue weighted by Crippen LogP contribution is 2.12. The monoisotopic (exact) mass is 238 g/mol. The molecule has 0 saturated carbocycles. The van der Waals surface area contributed by atoms with Gasteiger partial charge < -0.3 is 14.8 Å². The first-order valence-electron chi connectivity index (χ1n) is 5.53. The number of ether oxygens (including phenoxy) is 2. The molecule has 0 aliphatic rings. The third-order valence-corrected chi connectivity index (χ3v) is 2.32. The zero-order valence-electron chi connectivity index (χ0n) is 10.2. The van der Waals surface area contributed by atoms with Crippen molar-refractivity contribution in [2.75, 3.05) is 20.8 Å². The van der Waals surface area contributed by atoms with Gasteiger partial charge in [0.05, 0.1) is 14.2 Å². The molecule has 1 aromatic heterocycles. The summed E-state index contributed by atoms with van der Waals surface area (Å²) in [6.45, 7) is 1.44. The molecule has 1 N–H and O–H groups in total. The Morgan fingerprint density at radius 3 is 3.00 bits per heavy atom. The van der Waals surface area contributed by atoms with Gasteiger partial charge in [-0.05, 0) is 19.0 Å². The van der Waals surface area contributed by atoms with Crippen LogP contribution in [0, 0.1) is 0 Å². The van der Waals surface area contributed by atoms with Gasteiger partial charge in [0.1, 0.15) is 0 Å². The third kappa shape index (κ3) is 4.82. The van der Waals surface area contributed by atoms with Crippen LogP contribution in [0.4, 0.5) is 0 Å². The van der Waals surface area contributed by atoms with Crippen molar-refractivity contribution in [2.24, 2.45) is 0 Å². The molecule has 0 unspecified atom stereocenters. The van der Waals surface area contributed by atoms with E-state index in [0.29, 0.717) is 18.8 Å². The molecule has 0 aromatic carbocycles. The molecule has 0 bridgehead atoms. The van der Waals surface area contributed by atoms with Gasteiger partial charge in [-0.25, -0.2) is 4.98 Å². The van der Waals surface area contributed by atoms with Gasteiger partial charge in [-0.15, -0.1) is 0 Å². The van der Waals surface area contributed by atoms with E-state index in [1.165, 1.54) is 7.11 Å². The lowest BCUT2D eigenvalue weighted by molar-refractivity contribution is -0.140. The molecular weight excluding hydrogens is 220 g/mol. The summed E-state index contributed by atoms with van der Waals surface area (Å²) >= 11 is 0. The van der Waals surface area contributed by atoms with Gasteiger partial charge in [0.15, 0.2) is 0 Å². The topological polar surface area (TPSA) is 60.5 Å². The first-order chi connectivity index (χ1) is 8.27. The maximum Gasteiger partial charge on any atom is 0.305 e. The largest absolute Gasteiger partial charge is 0.481 e. The molecule has 0 fully saturated rings. The number of aromatic nitrogens is 1. The van der Waals surface area contributed by atoms with Crippen LogP contribution < -0.4 is 10.1 Å². The molecule has 94 valence electrons. The van der Waals surface area contributed by atoms with Crippen LogP contribution in [0.15, 0.2) is 18.3 Å². The van der Waals surface area contributed by atoms with Crippen molar-refractivity contribution in [1.29, 1.82) is 0 Å². The molecular formula is C12H18N2O3. The Hall–Kier alpha value is -1.62. The summed E-state index contributed by atoms with van der Waals surface area (Å²) in [5, 5.41) is 3.23. The van der Waals surface area contributed by atoms with Gasteiger partial charge in [-0.1, -0.05) is 6.07 Å². The molecule has 0 aliphatic carbocycles. The normalized spacial score (nSPS) is 10.0. The summed E-state index contributed by atoms with van der Waals surface area (Å²) in [7, 11) is 3.00. The molecule has 0 saturated heterocycles. The lowest BCUT2D eigenvalue weighted by Gasteiger charge is -2.07. The van der Waals surface area contributed by atoms with E-state index in [1.807, 2.05) is 12.1 Å². The highest BCUT2D eigenvalue weighted by Gasteiger charge is 2.03. The van der Waals surface area contributed by atoms with Crippen LogP contribution in [0.5, 0.6) is 5.88 Å². The highest BCUT2D eigenvalue weighted by atomic mass is 16.5. The number of nitrogens with zero attached hydrogens (tertiary/aromatic N) is 1. The summed E-state index contributed by atoms with van der Waals surface area (Å²) in [6.07, 6.45) is 2.89. The average Bonchev–Trinajstić information content (AvgIpc) is 2.38. The summed E-state index contributed by atoms with van der Waals surface area (Å²) in [5.41, 5.74) is 1.01. The predicted octanol–water partition coefficient (Wildman–Crippen LogP) is 1.13. The Balaban J connectivity index is 2.24. The second-order valence-electron chi connectivity index (χ2n) is 3.53. The number of carbonyl (C=O) groups excluding carboxylic acids is 1. The van der Waals surface area contributed by atoms with Crippen LogP contribution in [0.25, 0.3) is 0 Å². The van der Waals surface area contributed by atoms with E-state index in [4.69, 9.17) is 4.74 Å². The van der Waals surface area contributed by atoms with E-state index in [2.05, 4.69) is 15.0 Å². The number of carbonyl (C=O) groups is 1. The van der Waals surface area contributed by atoms with E-state index in [-0.39, 0.29) is 5.97 Å². The average molecular weight is 238 g/mol. The summed E-state index contributed by atoms with van der Waals surface area (Å²) in [6, 6.07) is 3.83. The van der Waals surface area contributed by atoms with Crippen LogP contribution in [0.3, 0.4) is 0 Å². The number of hydrogen-bond acceptors (Lipinski definition) is 5. The molecule has 0 aliphatic heterocycles. The number of esters is 1. The van der Waals surface area contributed by atoms with Crippen molar-refractivity contribution < 1.29 is 14.3 Å². The van der Waals surface area contributed by atoms with Crippen molar-refractivity contribution in [3.63, 3.8) is 0 Å². The maximum atomic E-state index is 10.9. The second kappa shape index (κ2) is 7.62. The Kier molecular flexibility index (Phi) is 6.03. The molecule has 17 heavy (non-hydrogen) atoms. The standard InChI is InChI=1S/C12H18N2O3/c1-16-11(15)6-4-7-13-9-10-5-3-8-14-12(10)17-2/h3,5,8,13H,4,6-7,9H2,1-2H3. The van der Waals surface area contributed by atoms with Gasteiger partial charge in [0.25, 0.3) is 0 Å². The lowest BCUT2D eigenvalue weighted by Crippen LogP contribution is -2.16. The Morgan fingerprint density at radius 1 is 1.47 bits per heavy atom. The summed E-state index contributed by atoms with van der Waals surface area (Å²) < 4.78 is 9.69. The molecule has 0 amide bonds. The number of hydrogen-bond donors (Lipinski definition) is 1.